The van der Waals surface area contributed by atoms with E-state index in [0.717, 1.165) is 30.5 Å². The second-order valence-corrected chi connectivity index (χ2v) is 5.55. The molecule has 1 aromatic rings. The molecule has 1 saturated heterocycles. The highest BCUT2D eigenvalue weighted by Gasteiger charge is 2.38. The second kappa shape index (κ2) is 4.77. The van der Waals surface area contributed by atoms with E-state index in [4.69, 9.17) is 4.52 Å². The minimum absolute atomic E-state index is 0.570. The van der Waals surface area contributed by atoms with Crippen molar-refractivity contribution in [2.45, 2.75) is 57.4 Å². The van der Waals surface area contributed by atoms with Gasteiger partial charge < -0.3 is 9.84 Å². The van der Waals surface area contributed by atoms with Gasteiger partial charge in [-0.2, -0.15) is 4.98 Å². The fourth-order valence-electron chi connectivity index (χ4n) is 2.67. The van der Waals surface area contributed by atoms with Gasteiger partial charge in [0.15, 0.2) is 5.82 Å². The molecule has 4 nitrogen and oxygen atoms in total. The van der Waals surface area contributed by atoms with Gasteiger partial charge >= 0.3 is 0 Å². The first-order valence-electron chi connectivity index (χ1n) is 6.89. The van der Waals surface area contributed by atoms with E-state index >= 15 is 0 Å². The smallest absolute Gasteiger partial charge is 0.226 e. The van der Waals surface area contributed by atoms with Gasteiger partial charge in [0.2, 0.25) is 5.89 Å². The zero-order valence-corrected chi connectivity index (χ0v) is 10.5. The summed E-state index contributed by atoms with van der Waals surface area (Å²) in [4.78, 5) is 4.50. The van der Waals surface area contributed by atoms with Crippen molar-refractivity contribution >= 4 is 0 Å². The largest absolute Gasteiger partial charge is 0.339 e. The van der Waals surface area contributed by atoms with E-state index in [9.17, 15) is 0 Å². The lowest BCUT2D eigenvalue weighted by molar-refractivity contribution is 0.340. The molecular formula is C13H21N3O. The van der Waals surface area contributed by atoms with Crippen LogP contribution in [0.25, 0.3) is 0 Å². The van der Waals surface area contributed by atoms with Gasteiger partial charge in [0.05, 0.1) is 0 Å². The summed E-state index contributed by atoms with van der Waals surface area (Å²) in [6.07, 6.45) is 7.24. The van der Waals surface area contributed by atoms with Crippen LogP contribution in [0.5, 0.6) is 0 Å². The zero-order chi connectivity index (χ0) is 11.7. The summed E-state index contributed by atoms with van der Waals surface area (Å²) in [7, 11) is 0. The maximum atomic E-state index is 5.32. The molecule has 3 atom stereocenters. The van der Waals surface area contributed by atoms with Gasteiger partial charge in [0.25, 0.3) is 0 Å². The summed E-state index contributed by atoms with van der Waals surface area (Å²) < 4.78 is 5.32. The Bertz CT molecular complexity index is 370. The molecule has 0 bridgehead atoms. The molecule has 0 amide bonds. The van der Waals surface area contributed by atoms with Crippen LogP contribution < -0.4 is 5.32 Å². The molecule has 1 aliphatic carbocycles. The molecule has 1 aromatic heterocycles. The Morgan fingerprint density at radius 3 is 3.00 bits per heavy atom. The average Bonchev–Trinajstić information content (AvgIpc) is 2.92. The molecule has 0 spiro atoms. The SMILES string of the molecule is CC1CC1c1noc(CCC2CCCCN2)n1. The summed E-state index contributed by atoms with van der Waals surface area (Å²) >= 11 is 0. The predicted molar refractivity (Wildman–Crippen MR) is 64.8 cm³/mol. The van der Waals surface area contributed by atoms with E-state index in [1.165, 1.54) is 32.2 Å². The van der Waals surface area contributed by atoms with Crippen LogP contribution in [0.4, 0.5) is 0 Å². The number of aryl methyl sites for hydroxylation is 1. The molecule has 0 aromatic carbocycles. The van der Waals surface area contributed by atoms with Crippen molar-refractivity contribution in [3.63, 3.8) is 0 Å². The van der Waals surface area contributed by atoms with Crippen LogP contribution in [0.3, 0.4) is 0 Å². The van der Waals surface area contributed by atoms with E-state index in [-0.39, 0.29) is 0 Å². The van der Waals surface area contributed by atoms with E-state index in [1.54, 1.807) is 0 Å². The molecule has 1 N–H and O–H groups in total. The van der Waals surface area contributed by atoms with Crippen LogP contribution in [0.2, 0.25) is 0 Å². The van der Waals surface area contributed by atoms with Crippen molar-refractivity contribution < 1.29 is 4.52 Å². The Hall–Kier alpha value is -0.900. The Kier molecular flexibility index (Phi) is 3.14. The standard InChI is InChI=1S/C13H21N3O/c1-9-8-11(9)13-15-12(17-16-13)6-5-10-4-2-3-7-14-10/h9-11,14H,2-8H2,1H3. The monoisotopic (exact) mass is 235 g/mol. The quantitative estimate of drug-likeness (QED) is 0.869. The lowest BCUT2D eigenvalue weighted by Gasteiger charge is -2.22. The number of rotatable bonds is 4. The Morgan fingerprint density at radius 1 is 1.41 bits per heavy atom. The lowest BCUT2D eigenvalue weighted by atomic mass is 10.0. The predicted octanol–water partition coefficient (Wildman–Crippen LogP) is 2.27. The molecule has 2 fully saturated rings. The van der Waals surface area contributed by atoms with Gasteiger partial charge in [-0.25, -0.2) is 0 Å². The van der Waals surface area contributed by atoms with Gasteiger partial charge in [-0.1, -0.05) is 18.5 Å². The first kappa shape index (κ1) is 11.2. The van der Waals surface area contributed by atoms with Gasteiger partial charge in [-0.15, -0.1) is 0 Å². The molecule has 1 aliphatic heterocycles. The topological polar surface area (TPSA) is 51.0 Å². The van der Waals surface area contributed by atoms with Crippen molar-refractivity contribution in [1.29, 1.82) is 0 Å². The number of hydrogen-bond donors (Lipinski definition) is 1. The van der Waals surface area contributed by atoms with E-state index < -0.39 is 0 Å². The van der Waals surface area contributed by atoms with Crippen LogP contribution in [0.1, 0.15) is 56.7 Å². The van der Waals surface area contributed by atoms with Crippen molar-refractivity contribution in [3.05, 3.63) is 11.7 Å². The highest BCUT2D eigenvalue weighted by atomic mass is 16.5. The van der Waals surface area contributed by atoms with E-state index in [2.05, 4.69) is 22.4 Å². The fraction of sp³-hybridized carbons (Fsp3) is 0.846. The average molecular weight is 235 g/mol. The molecular weight excluding hydrogens is 214 g/mol. The van der Waals surface area contributed by atoms with Crippen LogP contribution in [-0.4, -0.2) is 22.7 Å². The minimum atomic E-state index is 0.570. The lowest BCUT2D eigenvalue weighted by Crippen LogP contribution is -2.34. The van der Waals surface area contributed by atoms with Crippen molar-refractivity contribution in [2.75, 3.05) is 6.54 Å². The summed E-state index contributed by atoms with van der Waals surface area (Å²) in [5, 5.41) is 7.63. The molecule has 94 valence electrons. The second-order valence-electron chi connectivity index (χ2n) is 5.55. The molecule has 2 aliphatic rings. The Labute approximate surface area is 102 Å². The van der Waals surface area contributed by atoms with Crippen LogP contribution in [0.15, 0.2) is 4.52 Å². The van der Waals surface area contributed by atoms with E-state index in [1.807, 2.05) is 0 Å². The summed E-state index contributed by atoms with van der Waals surface area (Å²) in [6, 6.07) is 0.652. The van der Waals surface area contributed by atoms with Gasteiger partial charge in [-0.3, -0.25) is 0 Å². The first-order valence-corrected chi connectivity index (χ1v) is 6.89. The highest BCUT2D eigenvalue weighted by Crippen LogP contribution is 2.45. The molecule has 4 heteroatoms. The van der Waals surface area contributed by atoms with E-state index in [0.29, 0.717) is 12.0 Å². The Morgan fingerprint density at radius 2 is 2.29 bits per heavy atom. The molecule has 3 rings (SSSR count). The van der Waals surface area contributed by atoms with Crippen molar-refractivity contribution in [3.8, 4) is 0 Å². The summed E-state index contributed by atoms with van der Waals surface area (Å²) in [5.41, 5.74) is 0. The van der Waals surface area contributed by atoms with Gasteiger partial charge in [-0.05, 0) is 38.1 Å². The zero-order valence-electron chi connectivity index (χ0n) is 10.5. The van der Waals surface area contributed by atoms with Crippen molar-refractivity contribution in [1.82, 2.24) is 15.5 Å². The molecule has 0 radical (unpaired) electrons. The highest BCUT2D eigenvalue weighted by molar-refractivity contribution is 5.07. The fourth-order valence-corrected chi connectivity index (χ4v) is 2.67. The number of nitrogens with zero attached hydrogens (tertiary/aromatic N) is 2. The number of piperidine rings is 1. The molecule has 2 heterocycles. The van der Waals surface area contributed by atoms with Gasteiger partial charge in [0.1, 0.15) is 0 Å². The number of hydrogen-bond acceptors (Lipinski definition) is 4. The Balaban J connectivity index is 1.49. The third-order valence-corrected chi connectivity index (χ3v) is 4.04. The number of aromatic nitrogens is 2. The third kappa shape index (κ3) is 2.68. The molecule has 3 unspecified atom stereocenters. The molecule has 17 heavy (non-hydrogen) atoms. The third-order valence-electron chi connectivity index (χ3n) is 4.04. The maximum absolute atomic E-state index is 5.32. The maximum Gasteiger partial charge on any atom is 0.226 e. The summed E-state index contributed by atoms with van der Waals surface area (Å²) in [5.74, 6) is 3.08. The normalized spacial score (nSPS) is 32.6. The van der Waals surface area contributed by atoms with Crippen LogP contribution in [0, 0.1) is 5.92 Å². The van der Waals surface area contributed by atoms with Crippen LogP contribution >= 0.6 is 0 Å². The van der Waals surface area contributed by atoms with Crippen LogP contribution in [-0.2, 0) is 6.42 Å². The van der Waals surface area contributed by atoms with Crippen molar-refractivity contribution in [2.24, 2.45) is 5.92 Å². The van der Waals surface area contributed by atoms with Gasteiger partial charge in [0, 0.05) is 18.4 Å². The minimum Gasteiger partial charge on any atom is -0.339 e. The molecule has 1 saturated carbocycles. The first-order chi connectivity index (χ1) is 8.33. The number of nitrogens with one attached hydrogen (secondary N) is 1. The summed E-state index contributed by atoms with van der Waals surface area (Å²) in [6.45, 7) is 3.41.